The van der Waals surface area contributed by atoms with Gasteiger partial charge in [-0.25, -0.2) is 0 Å². The average molecular weight is 1210 g/mol. The molecule has 0 heterocycles. The van der Waals surface area contributed by atoms with Crippen LogP contribution < -0.4 is 0 Å². The number of unbranched alkanes of at least 4 members (excludes halogenated alkanes) is 64. The molecule has 86 heavy (non-hydrogen) atoms. The second kappa shape index (κ2) is 77.6. The van der Waals surface area contributed by atoms with Crippen LogP contribution in [0.3, 0.4) is 0 Å². The van der Waals surface area contributed by atoms with Gasteiger partial charge in [0, 0.05) is 12.8 Å². The summed E-state index contributed by atoms with van der Waals surface area (Å²) < 4.78 is 10.8. The Bertz CT molecular complexity index is 1320. The SMILES string of the molecule is CCCCCCC/C=C\C/C=C\CCCCCCCCCCCCCCCCCCCCCCCCCCCC(=O)OC(CO)COC(=O)CCCCCCCCCCCCCCCCCCCCCCCCCCCCCCCCCCCCC. The van der Waals surface area contributed by atoms with Crippen molar-refractivity contribution in [3.8, 4) is 0 Å². The molecular formula is C81H156O5. The van der Waals surface area contributed by atoms with Crippen molar-refractivity contribution >= 4 is 11.9 Å². The summed E-state index contributed by atoms with van der Waals surface area (Å²) in [4.78, 5) is 24.7. The lowest BCUT2D eigenvalue weighted by Gasteiger charge is -2.15. The van der Waals surface area contributed by atoms with Crippen LogP contribution in [-0.2, 0) is 19.1 Å². The summed E-state index contributed by atoms with van der Waals surface area (Å²) in [5.41, 5.74) is 0. The number of carbonyl (C=O) groups is 2. The van der Waals surface area contributed by atoms with Crippen LogP contribution in [-0.4, -0.2) is 36.4 Å². The molecule has 0 amide bonds. The second-order valence-electron chi connectivity index (χ2n) is 27.5. The number of aliphatic hydroxyl groups is 1. The van der Waals surface area contributed by atoms with Gasteiger partial charge in [0.2, 0.25) is 0 Å². The van der Waals surface area contributed by atoms with Crippen molar-refractivity contribution in [1.29, 1.82) is 0 Å². The molecule has 0 fully saturated rings. The van der Waals surface area contributed by atoms with E-state index in [1.54, 1.807) is 0 Å². The summed E-state index contributed by atoms with van der Waals surface area (Å²) >= 11 is 0. The van der Waals surface area contributed by atoms with Crippen LogP contribution in [0.15, 0.2) is 24.3 Å². The predicted molar refractivity (Wildman–Crippen MR) is 381 cm³/mol. The highest BCUT2D eigenvalue weighted by atomic mass is 16.6. The van der Waals surface area contributed by atoms with Gasteiger partial charge in [0.25, 0.3) is 0 Å². The van der Waals surface area contributed by atoms with Crippen molar-refractivity contribution in [2.45, 2.75) is 469 Å². The van der Waals surface area contributed by atoms with Crippen LogP contribution in [0.25, 0.3) is 0 Å². The van der Waals surface area contributed by atoms with Crippen LogP contribution in [0.4, 0.5) is 0 Å². The van der Waals surface area contributed by atoms with E-state index in [1.165, 1.54) is 398 Å². The van der Waals surface area contributed by atoms with Crippen LogP contribution in [0.2, 0.25) is 0 Å². The maximum Gasteiger partial charge on any atom is 0.306 e. The largest absolute Gasteiger partial charge is 0.462 e. The Balaban J connectivity index is 3.34. The maximum absolute atomic E-state index is 12.4. The number of allylic oxidation sites excluding steroid dienone is 4. The fourth-order valence-electron chi connectivity index (χ4n) is 12.8. The first-order valence-corrected chi connectivity index (χ1v) is 39.9. The van der Waals surface area contributed by atoms with E-state index in [-0.39, 0.29) is 25.2 Å². The number of rotatable bonds is 76. The molecule has 0 aliphatic heterocycles. The molecule has 5 heteroatoms. The van der Waals surface area contributed by atoms with Gasteiger partial charge < -0.3 is 14.6 Å². The number of carbonyl (C=O) groups excluding carboxylic acids is 2. The summed E-state index contributed by atoms with van der Waals surface area (Å²) in [5, 5.41) is 9.73. The van der Waals surface area contributed by atoms with Crippen LogP contribution in [0.5, 0.6) is 0 Å². The molecule has 0 aromatic carbocycles. The van der Waals surface area contributed by atoms with E-state index in [1.807, 2.05) is 0 Å². The van der Waals surface area contributed by atoms with E-state index in [4.69, 9.17) is 9.47 Å². The molecule has 1 N–H and O–H groups in total. The molecule has 5 nitrogen and oxygen atoms in total. The summed E-state index contributed by atoms with van der Waals surface area (Å²) in [7, 11) is 0. The first-order valence-electron chi connectivity index (χ1n) is 39.9. The van der Waals surface area contributed by atoms with Crippen LogP contribution >= 0.6 is 0 Å². The van der Waals surface area contributed by atoms with Crippen molar-refractivity contribution in [2.24, 2.45) is 0 Å². The first kappa shape index (κ1) is 84.4. The minimum Gasteiger partial charge on any atom is -0.462 e. The fourth-order valence-corrected chi connectivity index (χ4v) is 12.8. The molecule has 1 atom stereocenters. The van der Waals surface area contributed by atoms with E-state index >= 15 is 0 Å². The van der Waals surface area contributed by atoms with E-state index in [0.29, 0.717) is 12.8 Å². The normalized spacial score (nSPS) is 12.2. The van der Waals surface area contributed by atoms with Gasteiger partial charge in [-0.15, -0.1) is 0 Å². The molecule has 0 saturated carbocycles. The summed E-state index contributed by atoms with van der Waals surface area (Å²) in [6, 6.07) is 0. The maximum atomic E-state index is 12.4. The molecule has 0 aromatic rings. The highest BCUT2D eigenvalue weighted by Crippen LogP contribution is 2.20. The molecule has 0 aliphatic carbocycles. The number of aliphatic hydroxyl groups excluding tert-OH is 1. The monoisotopic (exact) mass is 1210 g/mol. The van der Waals surface area contributed by atoms with E-state index in [2.05, 4.69) is 38.2 Å². The Morgan fingerprint density at radius 3 is 0.686 bits per heavy atom. The van der Waals surface area contributed by atoms with E-state index < -0.39 is 6.10 Å². The van der Waals surface area contributed by atoms with Crippen molar-refractivity contribution < 1.29 is 24.2 Å². The Morgan fingerprint density at radius 1 is 0.267 bits per heavy atom. The lowest BCUT2D eigenvalue weighted by molar-refractivity contribution is -0.161. The standard InChI is InChI=1S/C81H156O5/c1-3-5-7-9-11-13-15-17-19-21-23-25-27-29-31-33-35-37-39-40-42-44-46-48-50-52-54-56-58-60-62-64-66-68-70-72-74-76-81(84)86-79(77-82)78-85-80(83)75-73-71-69-67-65-63-61-59-57-55-53-51-49-47-45-43-41-38-36-34-32-30-28-26-24-22-20-18-16-14-12-10-8-6-4-2/h15,17,21,23,79,82H,3-14,16,18-20,22,24-78H2,1-2H3/b17-15-,23-21-. The van der Waals surface area contributed by atoms with Gasteiger partial charge in [-0.2, -0.15) is 0 Å². The highest BCUT2D eigenvalue weighted by Gasteiger charge is 2.16. The second-order valence-corrected chi connectivity index (χ2v) is 27.5. The quantitative estimate of drug-likeness (QED) is 0.0373. The van der Waals surface area contributed by atoms with Gasteiger partial charge in [0.1, 0.15) is 6.61 Å². The number of ether oxygens (including phenoxy) is 2. The smallest absolute Gasteiger partial charge is 0.306 e. The molecule has 0 rings (SSSR count). The minimum atomic E-state index is -0.768. The molecule has 0 spiro atoms. The third-order valence-corrected chi connectivity index (χ3v) is 18.7. The van der Waals surface area contributed by atoms with Crippen molar-refractivity contribution in [3.63, 3.8) is 0 Å². The van der Waals surface area contributed by atoms with Gasteiger partial charge in [-0.1, -0.05) is 430 Å². The third kappa shape index (κ3) is 74.8. The topological polar surface area (TPSA) is 72.8 Å². The van der Waals surface area contributed by atoms with E-state index in [9.17, 15) is 14.7 Å². The highest BCUT2D eigenvalue weighted by molar-refractivity contribution is 5.70. The zero-order chi connectivity index (χ0) is 61.9. The van der Waals surface area contributed by atoms with Gasteiger partial charge in [-0.3, -0.25) is 9.59 Å². The Labute approximate surface area is 540 Å². The molecule has 510 valence electrons. The number of hydrogen-bond acceptors (Lipinski definition) is 5. The predicted octanol–water partition coefficient (Wildman–Crippen LogP) is 27.9. The lowest BCUT2D eigenvalue weighted by atomic mass is 10.0. The van der Waals surface area contributed by atoms with Crippen molar-refractivity contribution in [3.05, 3.63) is 24.3 Å². The number of esters is 2. The van der Waals surface area contributed by atoms with Gasteiger partial charge in [-0.05, 0) is 44.9 Å². The molecule has 0 bridgehead atoms. The average Bonchev–Trinajstić information content (AvgIpc) is 3.53. The van der Waals surface area contributed by atoms with Crippen LogP contribution in [0.1, 0.15) is 463 Å². The lowest BCUT2D eigenvalue weighted by Crippen LogP contribution is -2.28. The Hall–Kier alpha value is -1.62. The molecule has 0 aliphatic rings. The molecule has 0 saturated heterocycles. The summed E-state index contributed by atoms with van der Waals surface area (Å²) in [5.74, 6) is -0.559. The molecule has 1 unspecified atom stereocenters. The zero-order valence-corrected chi connectivity index (χ0v) is 58.9. The first-order chi connectivity index (χ1) is 42.6. The minimum absolute atomic E-state index is 0.0568. The summed E-state index contributed by atoms with van der Waals surface area (Å²) in [6.07, 6.45) is 103. The molecule has 0 radical (unpaired) electrons. The Kier molecular flexibility index (Phi) is 76.2. The zero-order valence-electron chi connectivity index (χ0n) is 58.9. The van der Waals surface area contributed by atoms with Crippen LogP contribution in [0, 0.1) is 0 Å². The van der Waals surface area contributed by atoms with Gasteiger partial charge in [0.15, 0.2) is 6.10 Å². The molecule has 0 aromatic heterocycles. The van der Waals surface area contributed by atoms with Crippen molar-refractivity contribution in [1.82, 2.24) is 0 Å². The Morgan fingerprint density at radius 2 is 0.465 bits per heavy atom. The summed E-state index contributed by atoms with van der Waals surface area (Å²) in [6.45, 7) is 4.21. The fraction of sp³-hybridized carbons (Fsp3) is 0.926. The molecular weight excluding hydrogens is 1050 g/mol. The van der Waals surface area contributed by atoms with Gasteiger partial charge in [0.05, 0.1) is 6.61 Å². The third-order valence-electron chi connectivity index (χ3n) is 18.7. The van der Waals surface area contributed by atoms with Crippen molar-refractivity contribution in [2.75, 3.05) is 13.2 Å². The number of hydrogen-bond donors (Lipinski definition) is 1. The van der Waals surface area contributed by atoms with E-state index in [0.717, 1.165) is 38.5 Å². The van der Waals surface area contributed by atoms with Gasteiger partial charge >= 0.3 is 11.9 Å².